The summed E-state index contributed by atoms with van der Waals surface area (Å²) in [4.78, 5) is 25.1. The molecule has 3 aromatic rings. The summed E-state index contributed by atoms with van der Waals surface area (Å²) in [5.41, 5.74) is 7.77. The van der Waals surface area contributed by atoms with Gasteiger partial charge >= 0.3 is 6.18 Å². The number of aryl methyl sites for hydroxylation is 1. The number of halogens is 3. The number of aromatic nitrogens is 2. The molecule has 4 rings (SSSR count). The van der Waals surface area contributed by atoms with E-state index in [0.717, 1.165) is 30.5 Å². The Morgan fingerprint density at radius 2 is 1.94 bits per heavy atom. The molecule has 1 amide bonds. The van der Waals surface area contributed by atoms with Gasteiger partial charge in [0.15, 0.2) is 5.78 Å². The molecule has 1 aliphatic carbocycles. The highest BCUT2D eigenvalue weighted by Crippen LogP contribution is 2.34. The maximum absolute atomic E-state index is 12.9. The smallest absolute Gasteiger partial charge is 0.383 e. The fourth-order valence-corrected chi connectivity index (χ4v) is 3.57. The molecule has 2 aromatic carbocycles. The lowest BCUT2D eigenvalue weighted by Crippen LogP contribution is -2.23. The first kappa shape index (κ1) is 22.6. The van der Waals surface area contributed by atoms with Crippen LogP contribution in [0.25, 0.3) is 5.69 Å². The average molecular weight is 456 g/mol. The molecule has 0 radical (unpaired) electrons. The molecule has 1 saturated carbocycles. The van der Waals surface area contributed by atoms with Gasteiger partial charge in [0.2, 0.25) is 0 Å². The minimum Gasteiger partial charge on any atom is -0.383 e. The van der Waals surface area contributed by atoms with Crippen LogP contribution in [0.2, 0.25) is 0 Å². The molecule has 0 atom stereocenters. The first-order chi connectivity index (χ1) is 15.6. The van der Waals surface area contributed by atoms with E-state index in [1.807, 2.05) is 13.0 Å². The molecule has 1 aliphatic rings. The first-order valence-electron chi connectivity index (χ1n) is 10.6. The van der Waals surface area contributed by atoms with Gasteiger partial charge in [-0.3, -0.25) is 9.59 Å². The van der Waals surface area contributed by atoms with E-state index in [1.165, 1.54) is 23.0 Å². The van der Waals surface area contributed by atoms with E-state index in [9.17, 15) is 22.8 Å². The highest BCUT2D eigenvalue weighted by molar-refractivity contribution is 5.99. The highest BCUT2D eigenvalue weighted by Gasteiger charge is 2.30. The lowest BCUT2D eigenvalue weighted by molar-refractivity contribution is -0.137. The van der Waals surface area contributed by atoms with Crippen LogP contribution in [0.1, 0.15) is 56.7 Å². The molecule has 0 spiro atoms. The van der Waals surface area contributed by atoms with Crippen LogP contribution in [-0.4, -0.2) is 21.5 Å². The van der Waals surface area contributed by atoms with Gasteiger partial charge in [0.05, 0.1) is 17.4 Å². The third-order valence-electron chi connectivity index (χ3n) is 5.69. The number of nitrogens with two attached hydrogens (primary N) is 1. The Morgan fingerprint density at radius 1 is 1.18 bits per heavy atom. The number of hydrogen-bond acceptors (Lipinski definition) is 4. The Hall–Kier alpha value is -3.62. The predicted octanol–water partition coefficient (Wildman–Crippen LogP) is 4.69. The predicted molar refractivity (Wildman–Crippen MR) is 117 cm³/mol. The summed E-state index contributed by atoms with van der Waals surface area (Å²) in [6.45, 7) is 1.75. The number of anilines is 1. The second-order valence-corrected chi connectivity index (χ2v) is 8.31. The summed E-state index contributed by atoms with van der Waals surface area (Å²) in [6.07, 6.45) is -0.488. The van der Waals surface area contributed by atoms with E-state index in [1.54, 1.807) is 12.1 Å². The number of alkyl halides is 3. The van der Waals surface area contributed by atoms with Gasteiger partial charge in [-0.05, 0) is 55.0 Å². The number of benzene rings is 2. The number of carbonyl (C=O) groups is 2. The highest BCUT2D eigenvalue weighted by atomic mass is 19.4. The zero-order valence-corrected chi connectivity index (χ0v) is 17.9. The molecule has 33 heavy (non-hydrogen) atoms. The second-order valence-electron chi connectivity index (χ2n) is 8.31. The number of ketones is 1. The van der Waals surface area contributed by atoms with Gasteiger partial charge in [-0.15, -0.1) is 0 Å². The largest absolute Gasteiger partial charge is 0.416 e. The minimum atomic E-state index is -4.46. The zero-order chi connectivity index (χ0) is 23.8. The van der Waals surface area contributed by atoms with Crippen molar-refractivity contribution in [3.63, 3.8) is 0 Å². The number of Topliss-reactive ketones (excluding diaryl/α,β-unsaturated/α-hetero) is 1. The Bertz CT molecular complexity index is 1210. The Kier molecular flexibility index (Phi) is 5.97. The van der Waals surface area contributed by atoms with Gasteiger partial charge in [-0.2, -0.15) is 18.3 Å². The minimum absolute atomic E-state index is 0.0588. The average Bonchev–Trinajstić information content (AvgIpc) is 3.51. The summed E-state index contributed by atoms with van der Waals surface area (Å²) in [6, 6.07) is 10.0. The number of amides is 1. The quantitative estimate of drug-likeness (QED) is 0.505. The van der Waals surface area contributed by atoms with Crippen molar-refractivity contribution in [1.82, 2.24) is 15.1 Å². The normalized spacial score (nSPS) is 13.7. The zero-order valence-electron chi connectivity index (χ0n) is 17.9. The Balaban J connectivity index is 1.51. The van der Waals surface area contributed by atoms with Crippen molar-refractivity contribution in [3.05, 3.63) is 76.5 Å². The third kappa shape index (κ3) is 5.08. The molecule has 1 aromatic heterocycles. The Morgan fingerprint density at radius 3 is 2.64 bits per heavy atom. The van der Waals surface area contributed by atoms with Crippen LogP contribution in [0.5, 0.6) is 0 Å². The van der Waals surface area contributed by atoms with Crippen molar-refractivity contribution in [2.75, 3.05) is 5.73 Å². The molecular formula is C24H23F3N4O2. The van der Waals surface area contributed by atoms with Crippen molar-refractivity contribution >= 4 is 17.5 Å². The van der Waals surface area contributed by atoms with Crippen molar-refractivity contribution < 1.29 is 22.8 Å². The van der Waals surface area contributed by atoms with Crippen LogP contribution >= 0.6 is 0 Å². The summed E-state index contributed by atoms with van der Waals surface area (Å²) >= 11 is 0. The first-order valence-corrected chi connectivity index (χ1v) is 10.6. The summed E-state index contributed by atoms with van der Waals surface area (Å²) in [5.74, 6) is 0.0360. The lowest BCUT2D eigenvalue weighted by Gasteiger charge is -2.11. The van der Waals surface area contributed by atoms with E-state index in [-0.39, 0.29) is 23.7 Å². The van der Waals surface area contributed by atoms with E-state index in [2.05, 4.69) is 10.4 Å². The van der Waals surface area contributed by atoms with Crippen molar-refractivity contribution in [1.29, 1.82) is 0 Å². The maximum Gasteiger partial charge on any atom is 0.416 e. The van der Waals surface area contributed by atoms with Crippen LogP contribution in [0.3, 0.4) is 0 Å². The van der Waals surface area contributed by atoms with Gasteiger partial charge in [0, 0.05) is 18.5 Å². The molecule has 0 bridgehead atoms. The number of carbonyl (C=O) groups excluding carboxylic acids is 2. The number of nitrogen functional groups attached to an aromatic ring is 1. The summed E-state index contributed by atoms with van der Waals surface area (Å²) in [7, 11) is 0. The summed E-state index contributed by atoms with van der Waals surface area (Å²) < 4.78 is 40.1. The molecule has 172 valence electrons. The number of nitrogens with zero attached hydrogens (tertiary/aromatic N) is 2. The molecule has 0 unspecified atom stereocenters. The van der Waals surface area contributed by atoms with E-state index < -0.39 is 17.6 Å². The molecular weight excluding hydrogens is 433 g/mol. The molecule has 3 N–H and O–H groups in total. The number of hydrogen-bond donors (Lipinski definition) is 2. The van der Waals surface area contributed by atoms with Crippen LogP contribution in [-0.2, 0) is 12.7 Å². The van der Waals surface area contributed by atoms with E-state index >= 15 is 0 Å². The fraction of sp³-hybridized carbons (Fsp3) is 0.292. The van der Waals surface area contributed by atoms with Gasteiger partial charge in [0.25, 0.3) is 5.91 Å². The fourth-order valence-electron chi connectivity index (χ4n) is 3.57. The van der Waals surface area contributed by atoms with E-state index in [4.69, 9.17) is 5.73 Å². The number of rotatable bonds is 7. The third-order valence-corrected chi connectivity index (χ3v) is 5.69. The maximum atomic E-state index is 12.9. The molecule has 1 heterocycles. The van der Waals surface area contributed by atoms with E-state index in [0.29, 0.717) is 29.2 Å². The van der Waals surface area contributed by atoms with Gasteiger partial charge in [0.1, 0.15) is 11.4 Å². The molecule has 9 heteroatoms. The molecule has 6 nitrogen and oxygen atoms in total. The van der Waals surface area contributed by atoms with Crippen LogP contribution in [0, 0.1) is 12.8 Å². The van der Waals surface area contributed by atoms with Crippen LogP contribution in [0.15, 0.2) is 48.7 Å². The van der Waals surface area contributed by atoms with Gasteiger partial charge in [-0.25, -0.2) is 4.68 Å². The van der Waals surface area contributed by atoms with Crippen molar-refractivity contribution in [3.8, 4) is 5.69 Å². The van der Waals surface area contributed by atoms with Gasteiger partial charge < -0.3 is 11.1 Å². The van der Waals surface area contributed by atoms with Crippen molar-refractivity contribution in [2.45, 2.75) is 38.9 Å². The number of nitrogens with one attached hydrogen (secondary N) is 1. The monoisotopic (exact) mass is 456 g/mol. The lowest BCUT2D eigenvalue weighted by atomic mass is 10.0. The topological polar surface area (TPSA) is 90.0 Å². The SMILES string of the molecule is Cc1ccc(C(=O)CC2CC2)cc1-n1ncc(C(=O)NCc2cccc(C(F)(F)F)c2)c1N. The Labute approximate surface area is 188 Å². The molecule has 0 saturated heterocycles. The van der Waals surface area contributed by atoms with Gasteiger partial charge in [-0.1, -0.05) is 24.3 Å². The van der Waals surface area contributed by atoms with Crippen LogP contribution in [0.4, 0.5) is 19.0 Å². The standard InChI is InChI=1S/C24H23F3N4O2/c1-14-5-8-17(21(32)10-15-6-7-15)11-20(14)31-22(28)19(13-30-31)23(33)29-12-16-3-2-4-18(9-16)24(25,26)27/h2-5,8-9,11,13,15H,6-7,10,12,28H2,1H3,(H,29,33). The van der Waals surface area contributed by atoms with Crippen molar-refractivity contribution in [2.24, 2.45) is 5.92 Å². The molecule has 0 aliphatic heterocycles. The van der Waals surface area contributed by atoms with Crippen LogP contribution < -0.4 is 11.1 Å². The summed E-state index contributed by atoms with van der Waals surface area (Å²) in [5, 5.41) is 6.79. The second kappa shape index (κ2) is 8.73. The molecule has 1 fully saturated rings.